The van der Waals surface area contributed by atoms with E-state index in [4.69, 9.17) is 4.74 Å². The number of aliphatic hydroxyl groups is 1. The van der Waals surface area contributed by atoms with Gasteiger partial charge in [-0.2, -0.15) is 0 Å². The minimum atomic E-state index is -0.903. The Bertz CT molecular complexity index is 429. The van der Waals surface area contributed by atoms with Gasteiger partial charge in [-0.3, -0.25) is 0 Å². The zero-order valence-corrected chi connectivity index (χ0v) is 13.6. The van der Waals surface area contributed by atoms with Crippen LogP contribution in [0.2, 0.25) is 0 Å². The van der Waals surface area contributed by atoms with Crippen molar-refractivity contribution in [3.05, 3.63) is 28.7 Å². The molecule has 2 N–H and O–H groups in total. The van der Waals surface area contributed by atoms with Crippen molar-refractivity contribution >= 4 is 22.0 Å². The van der Waals surface area contributed by atoms with Gasteiger partial charge in [-0.15, -0.1) is 0 Å². The maximum absolute atomic E-state index is 11.7. The number of hydrogen-bond donors (Lipinski definition) is 2. The number of ether oxygens (including phenoxy) is 1. The van der Waals surface area contributed by atoms with E-state index in [2.05, 4.69) is 21.2 Å². The number of nitrogens with one attached hydrogen (secondary N) is 1. The average Bonchev–Trinajstić information content (AvgIpc) is 2.34. The molecule has 0 spiro atoms. The molecule has 2 amide bonds. The fraction of sp³-hybridized carbons (Fsp3) is 0.500. The van der Waals surface area contributed by atoms with Gasteiger partial charge >= 0.3 is 6.03 Å². The van der Waals surface area contributed by atoms with Crippen LogP contribution < -0.4 is 10.1 Å². The summed E-state index contributed by atoms with van der Waals surface area (Å²) in [6.45, 7) is 4.39. The van der Waals surface area contributed by atoms with Crippen LogP contribution >= 0.6 is 15.9 Å². The minimum absolute atomic E-state index is 0.230. The molecule has 0 saturated carbocycles. The van der Waals surface area contributed by atoms with E-state index < -0.39 is 5.60 Å². The Kier molecular flexibility index (Phi) is 6.29. The molecule has 6 heteroatoms. The van der Waals surface area contributed by atoms with Crippen molar-refractivity contribution in [3.63, 3.8) is 0 Å². The summed E-state index contributed by atoms with van der Waals surface area (Å²) in [7, 11) is 1.64. The smallest absolute Gasteiger partial charge is 0.317 e. The molecule has 0 saturated heterocycles. The summed E-state index contributed by atoms with van der Waals surface area (Å²) in [4.78, 5) is 13.2. The van der Waals surface area contributed by atoms with Gasteiger partial charge in [0.1, 0.15) is 12.4 Å². The van der Waals surface area contributed by atoms with E-state index in [0.717, 1.165) is 10.2 Å². The summed E-state index contributed by atoms with van der Waals surface area (Å²) in [6.07, 6.45) is 0. The highest BCUT2D eigenvalue weighted by Gasteiger charge is 2.18. The van der Waals surface area contributed by atoms with Crippen LogP contribution in [0.15, 0.2) is 28.7 Å². The minimum Gasteiger partial charge on any atom is -0.492 e. The molecular weight excluding hydrogens is 324 g/mol. The van der Waals surface area contributed by atoms with Crippen molar-refractivity contribution in [1.82, 2.24) is 10.2 Å². The average molecular weight is 345 g/mol. The van der Waals surface area contributed by atoms with Gasteiger partial charge in [-0.25, -0.2) is 4.79 Å². The first-order valence-electron chi connectivity index (χ1n) is 6.38. The van der Waals surface area contributed by atoms with E-state index in [-0.39, 0.29) is 12.6 Å². The van der Waals surface area contributed by atoms with Gasteiger partial charge in [0, 0.05) is 11.5 Å². The van der Waals surface area contributed by atoms with Gasteiger partial charge < -0.3 is 20.1 Å². The molecule has 0 atom stereocenters. The number of nitrogens with zero attached hydrogens (tertiary/aromatic N) is 1. The number of rotatable bonds is 6. The lowest BCUT2D eigenvalue weighted by Gasteiger charge is -2.25. The van der Waals surface area contributed by atoms with Crippen LogP contribution in [-0.2, 0) is 0 Å². The summed E-state index contributed by atoms with van der Waals surface area (Å²) < 4.78 is 6.48. The molecule has 0 aliphatic carbocycles. The summed E-state index contributed by atoms with van der Waals surface area (Å²) in [5, 5.41) is 12.4. The van der Waals surface area contributed by atoms with E-state index in [9.17, 15) is 9.90 Å². The van der Waals surface area contributed by atoms with Gasteiger partial charge in [0.25, 0.3) is 0 Å². The van der Waals surface area contributed by atoms with E-state index in [0.29, 0.717) is 13.2 Å². The molecule has 0 radical (unpaired) electrons. The predicted molar refractivity (Wildman–Crippen MR) is 82.0 cm³/mol. The van der Waals surface area contributed by atoms with Crippen LogP contribution in [0.5, 0.6) is 5.75 Å². The van der Waals surface area contributed by atoms with E-state index >= 15 is 0 Å². The lowest BCUT2D eigenvalue weighted by atomic mass is 10.1. The number of hydrogen-bond acceptors (Lipinski definition) is 3. The maximum Gasteiger partial charge on any atom is 0.317 e. The lowest BCUT2D eigenvalue weighted by molar-refractivity contribution is 0.0531. The second-order valence-electron chi connectivity index (χ2n) is 5.20. The fourth-order valence-electron chi connectivity index (χ4n) is 1.64. The zero-order chi connectivity index (χ0) is 15.2. The Labute approximate surface area is 128 Å². The normalized spacial score (nSPS) is 11.1. The molecule has 0 aliphatic heterocycles. The monoisotopic (exact) mass is 344 g/mol. The Balaban J connectivity index is 2.23. The van der Waals surface area contributed by atoms with Gasteiger partial charge in [0.15, 0.2) is 0 Å². The third-order valence-electron chi connectivity index (χ3n) is 2.43. The number of urea groups is 1. The van der Waals surface area contributed by atoms with Crippen LogP contribution in [0.4, 0.5) is 4.79 Å². The highest BCUT2D eigenvalue weighted by Crippen LogP contribution is 2.15. The first-order chi connectivity index (χ1) is 9.28. The summed E-state index contributed by atoms with van der Waals surface area (Å²) >= 11 is 3.35. The molecule has 20 heavy (non-hydrogen) atoms. The number of benzene rings is 1. The van der Waals surface area contributed by atoms with Crippen molar-refractivity contribution in [1.29, 1.82) is 0 Å². The van der Waals surface area contributed by atoms with Gasteiger partial charge in [-0.1, -0.05) is 15.9 Å². The molecule has 0 aliphatic rings. The molecule has 0 fully saturated rings. The van der Waals surface area contributed by atoms with Gasteiger partial charge in [0.2, 0.25) is 0 Å². The molecule has 1 rings (SSSR count). The molecule has 0 bridgehead atoms. The molecule has 1 aromatic rings. The number of carbonyl (C=O) groups excluding carboxylic acids is 1. The third kappa shape index (κ3) is 6.77. The van der Waals surface area contributed by atoms with Crippen LogP contribution in [-0.4, -0.2) is 48.4 Å². The molecule has 0 unspecified atom stereocenters. The van der Waals surface area contributed by atoms with Crippen LogP contribution in [0.1, 0.15) is 13.8 Å². The van der Waals surface area contributed by atoms with Crippen molar-refractivity contribution in [2.75, 3.05) is 26.7 Å². The Morgan fingerprint density at radius 1 is 1.40 bits per heavy atom. The first kappa shape index (κ1) is 16.8. The third-order valence-corrected chi connectivity index (χ3v) is 2.96. The number of carbonyl (C=O) groups is 1. The highest BCUT2D eigenvalue weighted by atomic mass is 79.9. The zero-order valence-electron chi connectivity index (χ0n) is 12.0. The summed E-state index contributed by atoms with van der Waals surface area (Å²) in [5.41, 5.74) is -0.903. The van der Waals surface area contributed by atoms with Crippen LogP contribution in [0, 0.1) is 0 Å². The summed E-state index contributed by atoms with van der Waals surface area (Å²) in [6, 6.07) is 7.26. The predicted octanol–water partition coefficient (Wildman–Crippen LogP) is 2.24. The Hall–Kier alpha value is -1.27. The van der Waals surface area contributed by atoms with Crippen LogP contribution in [0.3, 0.4) is 0 Å². The second-order valence-corrected chi connectivity index (χ2v) is 6.12. The van der Waals surface area contributed by atoms with Crippen molar-refractivity contribution in [2.45, 2.75) is 19.4 Å². The molecular formula is C14H21BrN2O3. The molecule has 1 aromatic carbocycles. The maximum atomic E-state index is 11.7. The molecule has 0 heterocycles. The van der Waals surface area contributed by atoms with Crippen molar-refractivity contribution < 1.29 is 14.6 Å². The van der Waals surface area contributed by atoms with E-state index in [1.165, 1.54) is 4.90 Å². The lowest BCUT2D eigenvalue weighted by Crippen LogP contribution is -2.45. The van der Waals surface area contributed by atoms with Gasteiger partial charge in [-0.05, 0) is 38.1 Å². The van der Waals surface area contributed by atoms with E-state index in [1.807, 2.05) is 24.3 Å². The fourth-order valence-corrected chi connectivity index (χ4v) is 1.91. The van der Waals surface area contributed by atoms with Crippen LogP contribution in [0.25, 0.3) is 0 Å². The largest absolute Gasteiger partial charge is 0.492 e. The topological polar surface area (TPSA) is 61.8 Å². The van der Waals surface area contributed by atoms with E-state index in [1.54, 1.807) is 20.9 Å². The van der Waals surface area contributed by atoms with Crippen molar-refractivity contribution in [2.24, 2.45) is 0 Å². The summed E-state index contributed by atoms with van der Waals surface area (Å²) in [5.74, 6) is 0.757. The molecule has 0 aromatic heterocycles. The number of halogens is 1. The quantitative estimate of drug-likeness (QED) is 0.778. The number of amides is 2. The van der Waals surface area contributed by atoms with Gasteiger partial charge in [0.05, 0.1) is 18.7 Å². The second kappa shape index (κ2) is 7.50. The highest BCUT2D eigenvalue weighted by molar-refractivity contribution is 9.10. The molecule has 5 nitrogen and oxygen atoms in total. The number of likely N-dealkylation sites (N-methyl/N-ethyl adjacent to an activating group) is 1. The van der Waals surface area contributed by atoms with Crippen molar-refractivity contribution in [3.8, 4) is 5.75 Å². The standard InChI is InChI=1S/C14H21BrN2O3/c1-14(2,19)10-17(3)13(18)16-8-9-20-12-6-4-11(15)5-7-12/h4-7,19H,8-10H2,1-3H3,(H,16,18). The Morgan fingerprint density at radius 2 is 2.00 bits per heavy atom. The first-order valence-corrected chi connectivity index (χ1v) is 7.17. The molecule has 112 valence electrons. The SMILES string of the molecule is CN(CC(C)(C)O)C(=O)NCCOc1ccc(Br)cc1. The Morgan fingerprint density at radius 3 is 2.55 bits per heavy atom.